The molecule has 0 aliphatic carbocycles. The molecule has 0 radical (unpaired) electrons. The fraction of sp³-hybridized carbons (Fsp3) is 0.462. The summed E-state index contributed by atoms with van der Waals surface area (Å²) in [5, 5.41) is 12.0. The normalized spacial score (nSPS) is 12.0. The Bertz CT molecular complexity index is 428. The summed E-state index contributed by atoms with van der Waals surface area (Å²) in [4.78, 5) is 11.5. The number of carbonyl (C=O) groups excluding carboxylic acids is 1. The topological polar surface area (TPSA) is 58.6 Å². The minimum absolute atomic E-state index is 0.178. The van der Waals surface area contributed by atoms with Gasteiger partial charge in [-0.15, -0.1) is 0 Å². The molecule has 106 valence electrons. The highest BCUT2D eigenvalue weighted by Crippen LogP contribution is 2.25. The zero-order chi connectivity index (χ0) is 14.3. The molecule has 4 nitrogen and oxygen atoms in total. The Balaban J connectivity index is 2.33. The predicted octanol–water partition coefficient (Wildman–Crippen LogP) is 2.24. The molecule has 0 saturated heterocycles. The molecular formula is C13H17BrFNO3. The number of rotatable bonds is 7. The van der Waals surface area contributed by atoms with Gasteiger partial charge < -0.3 is 15.2 Å². The number of ether oxygens (including phenoxy) is 1. The lowest BCUT2D eigenvalue weighted by molar-refractivity contribution is -0.123. The SMILES string of the molecule is CCCC(O)CNC(=O)COc1ccc(F)cc1Br. The van der Waals surface area contributed by atoms with Crippen molar-refractivity contribution in [1.82, 2.24) is 5.32 Å². The molecule has 0 aliphatic rings. The highest BCUT2D eigenvalue weighted by atomic mass is 79.9. The van der Waals surface area contributed by atoms with Crippen molar-refractivity contribution < 1.29 is 19.0 Å². The first kappa shape index (κ1) is 15.9. The van der Waals surface area contributed by atoms with E-state index in [9.17, 15) is 14.3 Å². The number of hydrogen-bond acceptors (Lipinski definition) is 3. The van der Waals surface area contributed by atoms with Crippen molar-refractivity contribution in [2.24, 2.45) is 0 Å². The maximum Gasteiger partial charge on any atom is 0.258 e. The zero-order valence-corrected chi connectivity index (χ0v) is 12.2. The van der Waals surface area contributed by atoms with Crippen LogP contribution in [0.5, 0.6) is 5.75 Å². The Morgan fingerprint density at radius 2 is 2.32 bits per heavy atom. The first-order valence-corrected chi connectivity index (χ1v) is 6.84. The molecule has 0 spiro atoms. The second-order valence-electron chi connectivity index (χ2n) is 4.11. The van der Waals surface area contributed by atoms with Gasteiger partial charge in [0, 0.05) is 6.54 Å². The number of hydrogen-bond donors (Lipinski definition) is 2. The molecule has 0 bridgehead atoms. The van der Waals surface area contributed by atoms with E-state index in [0.29, 0.717) is 16.6 Å². The molecule has 1 aromatic carbocycles. The van der Waals surface area contributed by atoms with Crippen LogP contribution in [0.2, 0.25) is 0 Å². The summed E-state index contributed by atoms with van der Waals surface area (Å²) >= 11 is 3.14. The van der Waals surface area contributed by atoms with Gasteiger partial charge in [-0.2, -0.15) is 0 Å². The van der Waals surface area contributed by atoms with Crippen LogP contribution in [-0.4, -0.2) is 30.3 Å². The van der Waals surface area contributed by atoms with Gasteiger partial charge in [-0.05, 0) is 40.5 Å². The molecule has 0 aromatic heterocycles. The van der Waals surface area contributed by atoms with Crippen LogP contribution in [0, 0.1) is 5.82 Å². The van der Waals surface area contributed by atoms with Gasteiger partial charge in [-0.3, -0.25) is 4.79 Å². The van der Waals surface area contributed by atoms with Gasteiger partial charge >= 0.3 is 0 Å². The Kier molecular flexibility index (Phi) is 6.80. The third kappa shape index (κ3) is 6.02. The van der Waals surface area contributed by atoms with Crippen LogP contribution < -0.4 is 10.1 Å². The van der Waals surface area contributed by atoms with Crippen molar-refractivity contribution >= 4 is 21.8 Å². The molecule has 1 aromatic rings. The molecule has 6 heteroatoms. The lowest BCUT2D eigenvalue weighted by atomic mass is 10.2. The largest absolute Gasteiger partial charge is 0.483 e. The van der Waals surface area contributed by atoms with E-state index in [4.69, 9.17) is 4.74 Å². The minimum Gasteiger partial charge on any atom is -0.483 e. The highest BCUT2D eigenvalue weighted by molar-refractivity contribution is 9.10. The van der Waals surface area contributed by atoms with Crippen molar-refractivity contribution in [2.75, 3.05) is 13.2 Å². The molecule has 1 atom stereocenters. The van der Waals surface area contributed by atoms with Crippen LogP contribution in [0.3, 0.4) is 0 Å². The number of amides is 1. The van der Waals surface area contributed by atoms with Crippen molar-refractivity contribution in [2.45, 2.75) is 25.9 Å². The number of nitrogens with one attached hydrogen (secondary N) is 1. The summed E-state index contributed by atoms with van der Waals surface area (Å²) in [5.41, 5.74) is 0. The lowest BCUT2D eigenvalue weighted by Crippen LogP contribution is -2.35. The smallest absolute Gasteiger partial charge is 0.258 e. The summed E-state index contributed by atoms with van der Waals surface area (Å²) in [6.07, 6.45) is 0.965. The summed E-state index contributed by atoms with van der Waals surface area (Å²) in [7, 11) is 0. The fourth-order valence-corrected chi connectivity index (χ4v) is 1.92. The van der Waals surface area contributed by atoms with Crippen LogP contribution in [0.4, 0.5) is 4.39 Å². The van der Waals surface area contributed by atoms with E-state index in [-0.39, 0.29) is 24.9 Å². The molecular weight excluding hydrogens is 317 g/mol. The average Bonchev–Trinajstić information content (AvgIpc) is 2.35. The second kappa shape index (κ2) is 8.12. The van der Waals surface area contributed by atoms with E-state index in [2.05, 4.69) is 21.2 Å². The maximum atomic E-state index is 12.8. The van der Waals surface area contributed by atoms with Gasteiger partial charge in [0.1, 0.15) is 11.6 Å². The van der Waals surface area contributed by atoms with Crippen LogP contribution in [-0.2, 0) is 4.79 Å². The first-order chi connectivity index (χ1) is 9.02. The summed E-state index contributed by atoms with van der Waals surface area (Å²) in [6, 6.07) is 3.96. The number of benzene rings is 1. The molecule has 1 amide bonds. The van der Waals surface area contributed by atoms with Crippen molar-refractivity contribution in [3.05, 3.63) is 28.5 Å². The van der Waals surface area contributed by atoms with E-state index < -0.39 is 6.10 Å². The Labute approximate surface area is 120 Å². The molecule has 0 saturated carbocycles. The maximum absolute atomic E-state index is 12.8. The number of halogens is 2. The first-order valence-electron chi connectivity index (χ1n) is 6.05. The van der Waals surface area contributed by atoms with E-state index in [1.165, 1.54) is 18.2 Å². The number of aliphatic hydroxyl groups is 1. The molecule has 0 heterocycles. The quantitative estimate of drug-likeness (QED) is 0.804. The van der Waals surface area contributed by atoms with Gasteiger partial charge in [-0.1, -0.05) is 13.3 Å². The van der Waals surface area contributed by atoms with E-state index in [0.717, 1.165) is 6.42 Å². The van der Waals surface area contributed by atoms with Gasteiger partial charge in [-0.25, -0.2) is 4.39 Å². The van der Waals surface area contributed by atoms with Crippen molar-refractivity contribution in [1.29, 1.82) is 0 Å². The van der Waals surface area contributed by atoms with Crippen LogP contribution in [0.25, 0.3) is 0 Å². The minimum atomic E-state index is -0.536. The third-order valence-corrected chi connectivity index (χ3v) is 3.03. The molecule has 2 N–H and O–H groups in total. The van der Waals surface area contributed by atoms with Crippen LogP contribution >= 0.6 is 15.9 Å². The molecule has 0 aliphatic heterocycles. The average molecular weight is 334 g/mol. The van der Waals surface area contributed by atoms with Crippen molar-refractivity contribution in [3.63, 3.8) is 0 Å². The summed E-state index contributed by atoms with van der Waals surface area (Å²) < 4.78 is 18.5. The molecule has 1 unspecified atom stereocenters. The monoisotopic (exact) mass is 333 g/mol. The van der Waals surface area contributed by atoms with Gasteiger partial charge in [0.2, 0.25) is 0 Å². The van der Waals surface area contributed by atoms with Gasteiger partial charge in [0.15, 0.2) is 6.61 Å². The van der Waals surface area contributed by atoms with E-state index in [1.54, 1.807) is 0 Å². The molecule has 0 fully saturated rings. The van der Waals surface area contributed by atoms with Crippen LogP contribution in [0.1, 0.15) is 19.8 Å². The zero-order valence-electron chi connectivity index (χ0n) is 10.7. The Morgan fingerprint density at radius 3 is 2.95 bits per heavy atom. The molecule has 1 rings (SSSR count). The summed E-state index contributed by atoms with van der Waals surface area (Å²) in [6.45, 7) is 1.99. The summed E-state index contributed by atoms with van der Waals surface area (Å²) in [5.74, 6) is -0.316. The van der Waals surface area contributed by atoms with E-state index >= 15 is 0 Å². The van der Waals surface area contributed by atoms with E-state index in [1.807, 2.05) is 6.92 Å². The number of aliphatic hydroxyl groups excluding tert-OH is 1. The molecule has 19 heavy (non-hydrogen) atoms. The lowest BCUT2D eigenvalue weighted by Gasteiger charge is -2.12. The third-order valence-electron chi connectivity index (χ3n) is 2.41. The number of carbonyl (C=O) groups is 1. The van der Waals surface area contributed by atoms with Crippen molar-refractivity contribution in [3.8, 4) is 5.75 Å². The highest BCUT2D eigenvalue weighted by Gasteiger charge is 2.08. The second-order valence-corrected chi connectivity index (χ2v) is 4.96. The fourth-order valence-electron chi connectivity index (χ4n) is 1.45. The predicted molar refractivity (Wildman–Crippen MR) is 73.5 cm³/mol. The van der Waals surface area contributed by atoms with Gasteiger partial charge in [0.05, 0.1) is 10.6 Å². The standard InChI is InChI=1S/C13H17BrFNO3/c1-2-3-10(17)7-16-13(18)8-19-12-5-4-9(15)6-11(12)14/h4-6,10,17H,2-3,7-8H2,1H3,(H,16,18). The Hall–Kier alpha value is -1.14. The van der Waals surface area contributed by atoms with Crippen LogP contribution in [0.15, 0.2) is 22.7 Å². The van der Waals surface area contributed by atoms with Gasteiger partial charge in [0.25, 0.3) is 5.91 Å². The Morgan fingerprint density at radius 1 is 1.58 bits per heavy atom.